The molecule has 0 aliphatic heterocycles. The number of thiophene rings is 1. The molecule has 9 aromatic rings. The van der Waals surface area contributed by atoms with E-state index in [0.717, 1.165) is 44.5 Å². The number of nitrogens with zero attached hydrogens (tertiary/aromatic N) is 2. The van der Waals surface area contributed by atoms with Crippen molar-refractivity contribution < 1.29 is 4.42 Å². The van der Waals surface area contributed by atoms with Gasteiger partial charge in [0.25, 0.3) is 0 Å². The monoisotopic (exact) mass is 594 g/mol. The lowest BCUT2D eigenvalue weighted by molar-refractivity contribution is 0.620. The number of hydrogen-bond donors (Lipinski definition) is 0. The highest BCUT2D eigenvalue weighted by Crippen LogP contribution is 2.42. The van der Waals surface area contributed by atoms with Gasteiger partial charge < -0.3 is 9.32 Å². The Morgan fingerprint density at radius 2 is 1.16 bits per heavy atom. The van der Waals surface area contributed by atoms with Crippen molar-refractivity contribution in [1.29, 1.82) is 0 Å². The van der Waals surface area contributed by atoms with Gasteiger partial charge in [-0.1, -0.05) is 84.9 Å². The van der Waals surface area contributed by atoms with Crippen molar-refractivity contribution in [3.8, 4) is 22.6 Å². The van der Waals surface area contributed by atoms with Crippen molar-refractivity contribution in [2.45, 2.75) is 0 Å². The Morgan fingerprint density at radius 3 is 2.02 bits per heavy atom. The molecule has 0 aliphatic carbocycles. The lowest BCUT2D eigenvalue weighted by atomic mass is 10.0. The van der Waals surface area contributed by atoms with Crippen LogP contribution in [0.2, 0.25) is 0 Å². The van der Waals surface area contributed by atoms with Gasteiger partial charge in [0.15, 0.2) is 5.58 Å². The van der Waals surface area contributed by atoms with Crippen LogP contribution in [-0.4, -0.2) is 4.98 Å². The van der Waals surface area contributed by atoms with Crippen molar-refractivity contribution in [3.63, 3.8) is 0 Å². The van der Waals surface area contributed by atoms with Gasteiger partial charge in [-0.15, -0.1) is 11.3 Å². The molecule has 7 aromatic carbocycles. The Bertz CT molecular complexity index is 2500. The molecule has 4 heteroatoms. The third-order valence-electron chi connectivity index (χ3n) is 8.47. The zero-order valence-electron chi connectivity index (χ0n) is 24.2. The molecule has 0 spiro atoms. The van der Waals surface area contributed by atoms with Crippen LogP contribution in [0, 0.1) is 0 Å². The normalized spacial score (nSPS) is 11.6. The van der Waals surface area contributed by atoms with Gasteiger partial charge in [0.1, 0.15) is 5.52 Å². The van der Waals surface area contributed by atoms with E-state index in [0.29, 0.717) is 5.89 Å². The number of fused-ring (bicyclic) bond motifs is 6. The van der Waals surface area contributed by atoms with E-state index in [-0.39, 0.29) is 0 Å². The van der Waals surface area contributed by atoms with Crippen molar-refractivity contribution in [2.24, 2.45) is 0 Å². The topological polar surface area (TPSA) is 29.3 Å². The first kappa shape index (κ1) is 25.8. The van der Waals surface area contributed by atoms with Gasteiger partial charge in [-0.05, 0) is 89.3 Å². The summed E-state index contributed by atoms with van der Waals surface area (Å²) < 4.78 is 8.78. The molecule has 0 bridgehead atoms. The first-order chi connectivity index (χ1) is 22.3. The van der Waals surface area contributed by atoms with Crippen LogP contribution >= 0.6 is 11.3 Å². The largest absolute Gasteiger partial charge is 0.436 e. The maximum absolute atomic E-state index is 6.18. The molecule has 212 valence electrons. The number of benzene rings is 7. The highest BCUT2D eigenvalue weighted by atomic mass is 32.1. The van der Waals surface area contributed by atoms with Crippen LogP contribution in [0.5, 0.6) is 0 Å². The molecule has 0 N–H and O–H groups in total. The van der Waals surface area contributed by atoms with Gasteiger partial charge in [0, 0.05) is 48.2 Å². The molecule has 0 fully saturated rings. The van der Waals surface area contributed by atoms with E-state index in [2.05, 4.69) is 126 Å². The molecule has 0 amide bonds. The van der Waals surface area contributed by atoms with E-state index in [1.54, 1.807) is 0 Å². The maximum Gasteiger partial charge on any atom is 0.227 e. The van der Waals surface area contributed by atoms with E-state index in [1.165, 1.54) is 31.3 Å². The third kappa shape index (κ3) is 4.46. The smallest absolute Gasteiger partial charge is 0.227 e. The predicted octanol–water partition coefficient (Wildman–Crippen LogP) is 12.2. The first-order valence-electron chi connectivity index (χ1n) is 15.0. The van der Waals surface area contributed by atoms with Crippen LogP contribution in [0.4, 0.5) is 17.1 Å². The minimum absolute atomic E-state index is 0.637. The number of hydrogen-bond acceptors (Lipinski definition) is 4. The highest BCUT2D eigenvalue weighted by Gasteiger charge is 2.18. The molecule has 0 aliphatic rings. The number of oxazole rings is 1. The lowest BCUT2D eigenvalue weighted by Gasteiger charge is -2.26. The van der Waals surface area contributed by atoms with Crippen molar-refractivity contribution in [2.75, 3.05) is 4.90 Å². The standard InChI is InChI=1S/C41H26N2OS/c1-3-10-27(11-4-1)29-14-9-15-31(24-29)43(33-20-23-39-36(26-33)35-16-7-8-17-38(35)45-39)32-19-21-34-30(25-32)18-22-37-40(34)42-41(44-37)28-12-5-2-6-13-28/h1-26H. The Hall–Kier alpha value is -5.71. The van der Waals surface area contributed by atoms with Gasteiger partial charge in [-0.25, -0.2) is 4.98 Å². The molecule has 45 heavy (non-hydrogen) atoms. The lowest BCUT2D eigenvalue weighted by Crippen LogP contribution is -2.10. The number of anilines is 3. The summed E-state index contributed by atoms with van der Waals surface area (Å²) in [5, 5.41) is 4.74. The Labute approximate surface area is 264 Å². The minimum Gasteiger partial charge on any atom is -0.436 e. The van der Waals surface area contributed by atoms with Crippen molar-refractivity contribution >= 4 is 70.4 Å². The second-order valence-electron chi connectivity index (χ2n) is 11.2. The highest BCUT2D eigenvalue weighted by molar-refractivity contribution is 7.25. The third-order valence-corrected chi connectivity index (χ3v) is 9.62. The fourth-order valence-corrected chi connectivity index (χ4v) is 7.39. The molecule has 2 heterocycles. The summed E-state index contributed by atoms with van der Waals surface area (Å²) in [4.78, 5) is 7.29. The summed E-state index contributed by atoms with van der Waals surface area (Å²) in [5.41, 5.74) is 8.31. The second kappa shape index (κ2) is 10.5. The molecular weight excluding hydrogens is 569 g/mol. The fourth-order valence-electron chi connectivity index (χ4n) is 6.31. The van der Waals surface area contributed by atoms with Crippen LogP contribution in [0.1, 0.15) is 0 Å². The average molecular weight is 595 g/mol. The molecule has 0 saturated carbocycles. The quantitative estimate of drug-likeness (QED) is 0.198. The maximum atomic E-state index is 6.18. The van der Waals surface area contributed by atoms with E-state index < -0.39 is 0 Å². The summed E-state index contributed by atoms with van der Waals surface area (Å²) in [6.07, 6.45) is 0. The van der Waals surface area contributed by atoms with Crippen LogP contribution < -0.4 is 4.90 Å². The van der Waals surface area contributed by atoms with Gasteiger partial charge in [-0.2, -0.15) is 0 Å². The summed E-state index contributed by atoms with van der Waals surface area (Å²) >= 11 is 1.84. The zero-order chi connectivity index (χ0) is 29.7. The Balaban J connectivity index is 1.23. The van der Waals surface area contributed by atoms with Gasteiger partial charge in [-0.3, -0.25) is 0 Å². The Kier molecular flexibility index (Phi) is 6.00. The molecule has 9 rings (SSSR count). The van der Waals surface area contributed by atoms with Crippen molar-refractivity contribution in [3.05, 3.63) is 158 Å². The molecule has 0 saturated heterocycles. The van der Waals surface area contributed by atoms with E-state index in [9.17, 15) is 0 Å². The first-order valence-corrected chi connectivity index (χ1v) is 15.9. The van der Waals surface area contributed by atoms with Gasteiger partial charge in [0.2, 0.25) is 5.89 Å². The van der Waals surface area contributed by atoms with Crippen molar-refractivity contribution in [1.82, 2.24) is 4.98 Å². The average Bonchev–Trinajstić information content (AvgIpc) is 3.71. The van der Waals surface area contributed by atoms with E-state index in [4.69, 9.17) is 9.40 Å². The van der Waals surface area contributed by atoms with Crippen LogP contribution in [0.25, 0.3) is 64.6 Å². The fraction of sp³-hybridized carbons (Fsp3) is 0. The van der Waals surface area contributed by atoms with Gasteiger partial charge >= 0.3 is 0 Å². The minimum atomic E-state index is 0.637. The van der Waals surface area contributed by atoms with Crippen LogP contribution in [0.15, 0.2) is 162 Å². The molecule has 0 unspecified atom stereocenters. The molecule has 0 atom stereocenters. The van der Waals surface area contributed by atoms with E-state index >= 15 is 0 Å². The summed E-state index contributed by atoms with van der Waals surface area (Å²) in [5.74, 6) is 0.637. The molecular formula is C41H26N2OS. The van der Waals surface area contributed by atoms with E-state index in [1.807, 2.05) is 47.7 Å². The summed E-state index contributed by atoms with van der Waals surface area (Å²) in [7, 11) is 0. The number of rotatable bonds is 5. The predicted molar refractivity (Wildman–Crippen MR) is 190 cm³/mol. The van der Waals surface area contributed by atoms with Gasteiger partial charge in [0.05, 0.1) is 0 Å². The second-order valence-corrected chi connectivity index (χ2v) is 12.3. The summed E-state index contributed by atoms with van der Waals surface area (Å²) in [6.45, 7) is 0. The number of aromatic nitrogens is 1. The summed E-state index contributed by atoms with van der Waals surface area (Å²) in [6, 6.07) is 55.7. The molecule has 3 nitrogen and oxygen atoms in total. The molecule has 0 radical (unpaired) electrons. The van der Waals surface area contributed by atoms with Crippen LogP contribution in [-0.2, 0) is 0 Å². The SMILES string of the molecule is c1ccc(-c2cccc(N(c3ccc4c(ccc5oc(-c6ccccc6)nc54)c3)c3ccc4sc5ccccc5c4c3)c2)cc1. The zero-order valence-corrected chi connectivity index (χ0v) is 25.0. The molecule has 2 aromatic heterocycles. The Morgan fingerprint density at radius 1 is 0.467 bits per heavy atom. The van der Waals surface area contributed by atoms with Crippen LogP contribution in [0.3, 0.4) is 0 Å².